The minimum absolute atomic E-state index is 0.697. The van der Waals surface area contributed by atoms with E-state index in [9.17, 15) is 0 Å². The summed E-state index contributed by atoms with van der Waals surface area (Å²) >= 11 is 1.55. The fourth-order valence-electron chi connectivity index (χ4n) is 0.215. The first-order valence-electron chi connectivity index (χ1n) is 2.11. The summed E-state index contributed by atoms with van der Waals surface area (Å²) in [6, 6.07) is 0. The number of hydrogen-bond donors (Lipinski definition) is 2. The van der Waals surface area contributed by atoms with E-state index in [1.165, 1.54) is 6.20 Å². The van der Waals surface area contributed by atoms with Crippen LogP contribution in [0.4, 0.5) is 0 Å². The molecule has 0 aliphatic heterocycles. The molecule has 0 atom stereocenters. The Labute approximate surface area is 47.9 Å². The van der Waals surface area contributed by atoms with Gasteiger partial charge in [0, 0.05) is 6.20 Å². The Morgan fingerprint density at radius 3 is 2.57 bits per heavy atom. The monoisotopic (exact) mass is 118 g/mol. The van der Waals surface area contributed by atoms with Crippen LogP contribution in [0.25, 0.3) is 0 Å². The van der Waals surface area contributed by atoms with Crippen molar-refractivity contribution in [2.75, 3.05) is 5.75 Å². The van der Waals surface area contributed by atoms with Gasteiger partial charge in [-0.15, -0.1) is 11.8 Å². The third kappa shape index (κ3) is 3.52. The summed E-state index contributed by atoms with van der Waals surface area (Å²) in [4.78, 5) is 0. The molecule has 0 bridgehead atoms. The average molecular weight is 118 g/mol. The summed E-state index contributed by atoms with van der Waals surface area (Å²) in [5, 5.41) is 0.697. The normalized spacial score (nSPS) is 11.9. The minimum Gasteiger partial charge on any atom is -0.403 e. The summed E-state index contributed by atoms with van der Waals surface area (Å²) in [6.45, 7) is 2.03. The molecule has 0 aromatic carbocycles. The lowest BCUT2D eigenvalue weighted by molar-refractivity contribution is 1.44. The van der Waals surface area contributed by atoms with Crippen molar-refractivity contribution in [3.05, 3.63) is 11.2 Å². The lowest BCUT2D eigenvalue weighted by atomic mass is 10.9. The predicted molar refractivity (Wildman–Crippen MR) is 34.6 cm³/mol. The van der Waals surface area contributed by atoms with Gasteiger partial charge in [-0.3, -0.25) is 0 Å². The van der Waals surface area contributed by atoms with Crippen molar-refractivity contribution in [3.8, 4) is 0 Å². The van der Waals surface area contributed by atoms with Crippen LogP contribution in [0, 0.1) is 0 Å². The molecule has 4 N–H and O–H groups in total. The summed E-state index contributed by atoms with van der Waals surface area (Å²) in [5.41, 5.74) is 10.3. The van der Waals surface area contributed by atoms with Crippen LogP contribution in [0.15, 0.2) is 11.2 Å². The molecule has 0 amide bonds. The Kier molecular flexibility index (Phi) is 3.69. The molecule has 0 saturated carbocycles. The number of nitrogens with two attached hydrogens (primary N) is 2. The van der Waals surface area contributed by atoms with Gasteiger partial charge in [0.15, 0.2) is 0 Å². The Hall–Kier alpha value is -0.310. The zero-order valence-corrected chi connectivity index (χ0v) is 5.16. The van der Waals surface area contributed by atoms with E-state index >= 15 is 0 Å². The summed E-state index contributed by atoms with van der Waals surface area (Å²) in [7, 11) is 0. The molecule has 0 aromatic heterocycles. The second-order valence-corrected chi connectivity index (χ2v) is 2.34. The van der Waals surface area contributed by atoms with E-state index in [4.69, 9.17) is 11.5 Å². The van der Waals surface area contributed by atoms with Crippen molar-refractivity contribution >= 4 is 11.8 Å². The molecule has 0 saturated heterocycles. The van der Waals surface area contributed by atoms with Gasteiger partial charge in [0.2, 0.25) is 0 Å². The molecule has 0 rings (SSSR count). The van der Waals surface area contributed by atoms with Crippen molar-refractivity contribution in [1.82, 2.24) is 0 Å². The van der Waals surface area contributed by atoms with Gasteiger partial charge in [0.25, 0.3) is 0 Å². The Morgan fingerprint density at radius 2 is 2.43 bits per heavy atom. The maximum Gasteiger partial charge on any atom is 0.0813 e. The van der Waals surface area contributed by atoms with Crippen molar-refractivity contribution in [1.29, 1.82) is 0 Å². The number of rotatable bonds is 2. The highest BCUT2D eigenvalue weighted by molar-refractivity contribution is 8.02. The maximum atomic E-state index is 5.28. The zero-order valence-electron chi connectivity index (χ0n) is 4.35. The van der Waals surface area contributed by atoms with E-state index < -0.39 is 0 Å². The number of hydrogen-bond acceptors (Lipinski definition) is 3. The lowest BCUT2D eigenvalue weighted by Gasteiger charge is -1.91. The second kappa shape index (κ2) is 3.87. The summed E-state index contributed by atoms with van der Waals surface area (Å²) < 4.78 is 0. The lowest BCUT2D eigenvalue weighted by Crippen LogP contribution is -1.95. The molecule has 0 aliphatic carbocycles. The highest BCUT2D eigenvalue weighted by Crippen LogP contribution is 2.04. The maximum absolute atomic E-state index is 5.28. The first kappa shape index (κ1) is 6.69. The Bertz CT molecular complexity index is 70.1. The van der Waals surface area contributed by atoms with Crippen molar-refractivity contribution < 1.29 is 0 Å². The third-order valence-electron chi connectivity index (χ3n) is 0.475. The van der Waals surface area contributed by atoms with Crippen LogP contribution in [-0.4, -0.2) is 5.75 Å². The average Bonchev–Trinajstić information content (AvgIpc) is 1.68. The van der Waals surface area contributed by atoms with Crippen LogP contribution in [-0.2, 0) is 0 Å². The molecule has 2 nitrogen and oxygen atoms in total. The Balaban J connectivity index is 3.17. The molecular formula is C4H10N2S. The van der Waals surface area contributed by atoms with Crippen molar-refractivity contribution in [2.45, 2.75) is 6.92 Å². The van der Waals surface area contributed by atoms with Crippen LogP contribution >= 0.6 is 11.8 Å². The Morgan fingerprint density at radius 1 is 1.86 bits per heavy atom. The molecule has 0 heterocycles. The van der Waals surface area contributed by atoms with Gasteiger partial charge in [-0.1, -0.05) is 6.92 Å². The van der Waals surface area contributed by atoms with Crippen LogP contribution in [0.1, 0.15) is 6.92 Å². The molecule has 0 unspecified atom stereocenters. The van der Waals surface area contributed by atoms with Gasteiger partial charge in [-0.2, -0.15) is 0 Å². The fourth-order valence-corrected chi connectivity index (χ4v) is 0.644. The van der Waals surface area contributed by atoms with E-state index in [2.05, 4.69) is 0 Å². The second-order valence-electron chi connectivity index (χ2n) is 1.00. The molecule has 0 aromatic rings. The molecule has 0 spiro atoms. The molecule has 0 aliphatic rings. The SMILES string of the molecule is CCS/C(N)=C/N. The topological polar surface area (TPSA) is 52.0 Å². The quantitative estimate of drug-likeness (QED) is 0.553. The van der Waals surface area contributed by atoms with Gasteiger partial charge in [-0.05, 0) is 5.75 Å². The van der Waals surface area contributed by atoms with Crippen LogP contribution in [0.5, 0.6) is 0 Å². The van der Waals surface area contributed by atoms with E-state index in [1.807, 2.05) is 6.92 Å². The van der Waals surface area contributed by atoms with Crippen LogP contribution in [0.2, 0.25) is 0 Å². The molecule has 42 valence electrons. The highest BCUT2D eigenvalue weighted by Gasteiger charge is 1.81. The fraction of sp³-hybridized carbons (Fsp3) is 0.500. The zero-order chi connectivity index (χ0) is 5.70. The van der Waals surface area contributed by atoms with Crippen LogP contribution in [0.3, 0.4) is 0 Å². The van der Waals surface area contributed by atoms with Gasteiger partial charge >= 0.3 is 0 Å². The van der Waals surface area contributed by atoms with Gasteiger partial charge < -0.3 is 11.5 Å². The van der Waals surface area contributed by atoms with E-state index in [0.717, 1.165) is 5.75 Å². The minimum atomic E-state index is 0.697. The first-order chi connectivity index (χ1) is 3.31. The summed E-state index contributed by atoms with van der Waals surface area (Å²) in [6.07, 6.45) is 1.41. The van der Waals surface area contributed by atoms with Gasteiger partial charge in [0.05, 0.1) is 5.03 Å². The predicted octanol–water partition coefficient (Wildman–Crippen LogP) is 0.456. The molecule has 3 heteroatoms. The third-order valence-corrected chi connectivity index (χ3v) is 1.23. The van der Waals surface area contributed by atoms with Gasteiger partial charge in [0.1, 0.15) is 0 Å². The van der Waals surface area contributed by atoms with E-state index in [0.29, 0.717) is 5.03 Å². The van der Waals surface area contributed by atoms with Crippen LogP contribution < -0.4 is 11.5 Å². The molecule has 0 fully saturated rings. The van der Waals surface area contributed by atoms with E-state index in [1.54, 1.807) is 11.8 Å². The van der Waals surface area contributed by atoms with Gasteiger partial charge in [-0.25, -0.2) is 0 Å². The number of thioether (sulfide) groups is 1. The largest absolute Gasteiger partial charge is 0.403 e. The standard InChI is InChI=1S/C4H10N2S/c1-2-7-4(6)3-5/h3H,2,5-6H2,1H3/b4-3+. The molecular weight excluding hydrogens is 108 g/mol. The summed E-state index contributed by atoms with van der Waals surface area (Å²) in [5.74, 6) is 0.986. The first-order valence-corrected chi connectivity index (χ1v) is 3.10. The van der Waals surface area contributed by atoms with Crippen molar-refractivity contribution in [2.24, 2.45) is 11.5 Å². The van der Waals surface area contributed by atoms with E-state index in [-0.39, 0.29) is 0 Å². The molecule has 0 radical (unpaired) electrons. The molecule has 7 heavy (non-hydrogen) atoms. The highest BCUT2D eigenvalue weighted by atomic mass is 32.2. The van der Waals surface area contributed by atoms with Crippen molar-refractivity contribution in [3.63, 3.8) is 0 Å². The smallest absolute Gasteiger partial charge is 0.0813 e.